The molecule has 0 saturated heterocycles. The summed E-state index contributed by atoms with van der Waals surface area (Å²) in [5, 5.41) is 4.66. The van der Waals surface area contributed by atoms with Gasteiger partial charge < -0.3 is 5.32 Å². The summed E-state index contributed by atoms with van der Waals surface area (Å²) in [6.07, 6.45) is 0.786. The average molecular weight is 362 g/mol. The predicted molar refractivity (Wildman–Crippen MR) is 101 cm³/mol. The highest BCUT2D eigenvalue weighted by molar-refractivity contribution is 7.89. The molecule has 136 valence electrons. The van der Waals surface area contributed by atoms with Crippen LogP contribution in [0.4, 0.5) is 0 Å². The fourth-order valence-corrected chi connectivity index (χ4v) is 3.88. The minimum absolute atomic E-state index is 0.000997. The summed E-state index contributed by atoms with van der Waals surface area (Å²) < 4.78 is 28.1. The Hall–Kier alpha value is -1.92. The lowest BCUT2D eigenvalue weighted by Gasteiger charge is -2.23. The fraction of sp³-hybridized carbons (Fsp3) is 0.421. The fourth-order valence-electron chi connectivity index (χ4n) is 2.50. The number of sulfonamides is 1. The van der Waals surface area contributed by atoms with Crippen LogP contribution in [0.3, 0.4) is 0 Å². The normalized spacial score (nSPS) is 14.4. The minimum atomic E-state index is -3.79. The van der Waals surface area contributed by atoms with Crippen LogP contribution in [-0.4, -0.2) is 26.4 Å². The SMILES string of the molecule is CC[C@H](C)NC(=O)[C@H](NS(=O)(=O)c1ccc2ccccc2c1)C(C)C. The van der Waals surface area contributed by atoms with Gasteiger partial charge in [-0.1, -0.05) is 51.1 Å². The van der Waals surface area contributed by atoms with Crippen LogP contribution in [0.15, 0.2) is 47.4 Å². The minimum Gasteiger partial charge on any atom is -0.352 e. The molecule has 2 atom stereocenters. The van der Waals surface area contributed by atoms with Crippen molar-refractivity contribution in [2.45, 2.75) is 51.1 Å². The Bertz CT molecular complexity index is 847. The summed E-state index contributed by atoms with van der Waals surface area (Å²) in [5.41, 5.74) is 0. The lowest BCUT2D eigenvalue weighted by molar-refractivity contribution is -0.124. The molecule has 0 saturated carbocycles. The third-order valence-electron chi connectivity index (χ3n) is 4.26. The summed E-state index contributed by atoms with van der Waals surface area (Å²) >= 11 is 0. The highest BCUT2D eigenvalue weighted by Gasteiger charge is 2.29. The van der Waals surface area contributed by atoms with Crippen LogP contribution >= 0.6 is 0 Å². The lowest BCUT2D eigenvalue weighted by atomic mass is 10.0. The lowest BCUT2D eigenvalue weighted by Crippen LogP contribution is -2.51. The maximum atomic E-state index is 12.8. The summed E-state index contributed by atoms with van der Waals surface area (Å²) in [6, 6.07) is 11.7. The summed E-state index contributed by atoms with van der Waals surface area (Å²) in [5.74, 6) is -0.465. The van der Waals surface area contributed by atoms with E-state index in [4.69, 9.17) is 0 Å². The maximum Gasteiger partial charge on any atom is 0.241 e. The van der Waals surface area contributed by atoms with Gasteiger partial charge in [-0.3, -0.25) is 4.79 Å². The van der Waals surface area contributed by atoms with Crippen molar-refractivity contribution in [1.82, 2.24) is 10.0 Å². The molecule has 0 radical (unpaired) electrons. The van der Waals surface area contributed by atoms with Gasteiger partial charge >= 0.3 is 0 Å². The van der Waals surface area contributed by atoms with Gasteiger partial charge in [0.05, 0.1) is 4.90 Å². The second-order valence-electron chi connectivity index (χ2n) is 6.67. The van der Waals surface area contributed by atoms with Crippen molar-refractivity contribution < 1.29 is 13.2 Å². The van der Waals surface area contributed by atoms with Crippen LogP contribution in [0.25, 0.3) is 10.8 Å². The first-order valence-corrected chi connectivity index (χ1v) is 10.0. The highest BCUT2D eigenvalue weighted by Crippen LogP contribution is 2.19. The third kappa shape index (κ3) is 4.80. The van der Waals surface area contributed by atoms with Gasteiger partial charge in [0.15, 0.2) is 0 Å². The molecule has 0 aromatic heterocycles. The Labute approximate surface area is 149 Å². The van der Waals surface area contributed by atoms with Crippen LogP contribution in [0.1, 0.15) is 34.1 Å². The van der Waals surface area contributed by atoms with E-state index in [2.05, 4.69) is 10.0 Å². The molecule has 0 aliphatic heterocycles. The van der Waals surface area contributed by atoms with Crippen molar-refractivity contribution >= 4 is 26.7 Å². The van der Waals surface area contributed by atoms with E-state index in [-0.39, 0.29) is 22.8 Å². The van der Waals surface area contributed by atoms with Gasteiger partial charge in [-0.05, 0) is 42.2 Å². The first-order valence-electron chi connectivity index (χ1n) is 8.56. The molecule has 0 aliphatic carbocycles. The monoisotopic (exact) mass is 362 g/mol. The molecule has 0 spiro atoms. The molecule has 25 heavy (non-hydrogen) atoms. The van der Waals surface area contributed by atoms with E-state index >= 15 is 0 Å². The number of amides is 1. The van der Waals surface area contributed by atoms with Crippen LogP contribution in [-0.2, 0) is 14.8 Å². The van der Waals surface area contributed by atoms with Crippen LogP contribution in [0.5, 0.6) is 0 Å². The standard InChI is InChI=1S/C19H26N2O3S/c1-5-14(4)20-19(22)18(13(2)3)21-25(23,24)17-11-10-15-8-6-7-9-16(15)12-17/h6-14,18,21H,5H2,1-4H3,(H,20,22)/t14-,18+/m0/s1. The van der Waals surface area contributed by atoms with Crippen molar-refractivity contribution in [3.05, 3.63) is 42.5 Å². The zero-order chi connectivity index (χ0) is 18.6. The van der Waals surface area contributed by atoms with Crippen molar-refractivity contribution in [3.8, 4) is 0 Å². The molecular formula is C19H26N2O3S. The quantitative estimate of drug-likeness (QED) is 0.795. The van der Waals surface area contributed by atoms with Crippen LogP contribution in [0, 0.1) is 5.92 Å². The average Bonchev–Trinajstić information content (AvgIpc) is 2.58. The number of benzene rings is 2. The molecule has 0 fully saturated rings. The number of rotatable bonds is 7. The molecule has 5 nitrogen and oxygen atoms in total. The van der Waals surface area contributed by atoms with Gasteiger partial charge in [-0.25, -0.2) is 8.42 Å². The van der Waals surface area contributed by atoms with Crippen molar-refractivity contribution in [3.63, 3.8) is 0 Å². The molecular weight excluding hydrogens is 336 g/mol. The third-order valence-corrected chi connectivity index (χ3v) is 5.70. The smallest absolute Gasteiger partial charge is 0.241 e. The van der Waals surface area contributed by atoms with E-state index in [1.807, 2.05) is 52.0 Å². The number of nitrogens with one attached hydrogen (secondary N) is 2. The summed E-state index contributed by atoms with van der Waals surface area (Å²) in [7, 11) is -3.79. The topological polar surface area (TPSA) is 75.3 Å². The first-order chi connectivity index (χ1) is 11.7. The largest absolute Gasteiger partial charge is 0.352 e. The summed E-state index contributed by atoms with van der Waals surface area (Å²) in [4.78, 5) is 12.6. The molecule has 2 aromatic rings. The zero-order valence-corrected chi connectivity index (χ0v) is 15.9. The zero-order valence-electron chi connectivity index (χ0n) is 15.1. The molecule has 2 N–H and O–H groups in total. The molecule has 1 amide bonds. The van der Waals surface area contributed by atoms with Crippen LogP contribution in [0.2, 0.25) is 0 Å². The van der Waals surface area contributed by atoms with E-state index in [1.54, 1.807) is 18.2 Å². The Morgan fingerprint density at radius 1 is 1.04 bits per heavy atom. The number of fused-ring (bicyclic) bond motifs is 1. The second kappa shape index (κ2) is 7.97. The molecule has 0 bridgehead atoms. The van der Waals surface area contributed by atoms with E-state index in [9.17, 15) is 13.2 Å². The Balaban J connectivity index is 2.28. The number of hydrogen-bond donors (Lipinski definition) is 2. The van der Waals surface area contributed by atoms with Gasteiger partial charge in [-0.15, -0.1) is 0 Å². The maximum absolute atomic E-state index is 12.8. The van der Waals surface area contributed by atoms with Gasteiger partial charge in [-0.2, -0.15) is 4.72 Å². The van der Waals surface area contributed by atoms with E-state index in [0.29, 0.717) is 0 Å². The molecule has 6 heteroatoms. The first kappa shape index (κ1) is 19.4. The van der Waals surface area contributed by atoms with E-state index in [1.165, 1.54) is 0 Å². The van der Waals surface area contributed by atoms with Gasteiger partial charge in [0, 0.05) is 6.04 Å². The molecule has 0 heterocycles. The second-order valence-corrected chi connectivity index (χ2v) is 8.38. The number of hydrogen-bond acceptors (Lipinski definition) is 3. The van der Waals surface area contributed by atoms with Gasteiger partial charge in [0.25, 0.3) is 0 Å². The number of carbonyl (C=O) groups excluding carboxylic acids is 1. The van der Waals surface area contributed by atoms with Crippen molar-refractivity contribution in [2.75, 3.05) is 0 Å². The van der Waals surface area contributed by atoms with Gasteiger partial charge in [0.2, 0.25) is 15.9 Å². The van der Waals surface area contributed by atoms with Crippen molar-refractivity contribution in [1.29, 1.82) is 0 Å². The van der Waals surface area contributed by atoms with Crippen LogP contribution < -0.4 is 10.0 Å². The highest BCUT2D eigenvalue weighted by atomic mass is 32.2. The predicted octanol–water partition coefficient (Wildman–Crippen LogP) is 3.06. The van der Waals surface area contributed by atoms with Crippen molar-refractivity contribution in [2.24, 2.45) is 5.92 Å². The van der Waals surface area contributed by atoms with Gasteiger partial charge in [0.1, 0.15) is 6.04 Å². The number of carbonyl (C=O) groups is 1. The molecule has 2 rings (SSSR count). The molecule has 0 aliphatic rings. The molecule has 2 aromatic carbocycles. The van der Waals surface area contributed by atoms with E-state index < -0.39 is 16.1 Å². The molecule has 0 unspecified atom stereocenters. The Morgan fingerprint density at radius 3 is 2.28 bits per heavy atom. The Morgan fingerprint density at radius 2 is 1.68 bits per heavy atom. The van der Waals surface area contributed by atoms with E-state index in [0.717, 1.165) is 17.2 Å². The summed E-state index contributed by atoms with van der Waals surface area (Å²) in [6.45, 7) is 7.51. The Kier molecular flexibility index (Phi) is 6.19.